The Morgan fingerprint density at radius 3 is 2.31 bits per heavy atom. The Bertz CT molecular complexity index is 577. The molecule has 0 fully saturated rings. The first kappa shape index (κ1) is 26.1. The highest BCUT2D eigenvalue weighted by atomic mass is 28.4. The molecule has 0 saturated carbocycles. The van der Waals surface area contributed by atoms with E-state index in [-0.39, 0.29) is 11.1 Å². The Labute approximate surface area is 181 Å². The number of benzene rings is 1. The first-order chi connectivity index (χ1) is 13.5. The highest BCUT2D eigenvalue weighted by Gasteiger charge is 2.39. The smallest absolute Gasteiger partial charge is 0.192 e. The molecular weight excluding hydrogens is 376 g/mol. The van der Waals surface area contributed by atoms with Crippen molar-refractivity contribution in [2.45, 2.75) is 91.1 Å². The summed E-state index contributed by atoms with van der Waals surface area (Å²) in [6, 6.07) is 10.2. The molecule has 166 valence electrons. The van der Waals surface area contributed by atoms with Gasteiger partial charge in [0.15, 0.2) is 8.32 Å². The van der Waals surface area contributed by atoms with Gasteiger partial charge in [0, 0.05) is 6.10 Å². The maximum Gasteiger partial charge on any atom is 0.192 e. The van der Waals surface area contributed by atoms with Crippen molar-refractivity contribution in [1.82, 2.24) is 0 Å². The van der Waals surface area contributed by atoms with Gasteiger partial charge in [0.2, 0.25) is 0 Å². The summed E-state index contributed by atoms with van der Waals surface area (Å²) < 4.78 is 18.0. The van der Waals surface area contributed by atoms with Crippen molar-refractivity contribution in [2.24, 2.45) is 5.92 Å². The summed E-state index contributed by atoms with van der Waals surface area (Å²) in [6.07, 6.45) is 4.46. The van der Waals surface area contributed by atoms with E-state index in [1.165, 1.54) is 11.1 Å². The van der Waals surface area contributed by atoms with Crippen LogP contribution in [0.1, 0.15) is 65.9 Å². The predicted molar refractivity (Wildman–Crippen MR) is 127 cm³/mol. The first-order valence-electron chi connectivity index (χ1n) is 11.1. The van der Waals surface area contributed by atoms with Gasteiger partial charge < -0.3 is 13.9 Å². The van der Waals surface area contributed by atoms with Crippen LogP contribution in [0.15, 0.2) is 42.5 Å². The fraction of sp³-hybridized carbons (Fsp3) is 0.680. The van der Waals surface area contributed by atoms with E-state index < -0.39 is 8.32 Å². The van der Waals surface area contributed by atoms with Gasteiger partial charge in [0.25, 0.3) is 0 Å². The van der Waals surface area contributed by atoms with E-state index in [2.05, 4.69) is 66.4 Å². The fourth-order valence-electron chi connectivity index (χ4n) is 3.12. The Hall–Kier alpha value is -0.943. The topological polar surface area (TPSA) is 27.7 Å². The molecule has 0 aliphatic rings. The third-order valence-electron chi connectivity index (χ3n) is 5.71. The molecular formula is C25H44O3Si. The van der Waals surface area contributed by atoms with Crippen LogP contribution in [0.2, 0.25) is 18.1 Å². The van der Waals surface area contributed by atoms with Crippen LogP contribution in [0.4, 0.5) is 0 Å². The van der Waals surface area contributed by atoms with Crippen molar-refractivity contribution >= 4 is 8.32 Å². The molecule has 1 rings (SSSR count). The van der Waals surface area contributed by atoms with Gasteiger partial charge in [-0.2, -0.15) is 0 Å². The molecule has 0 bridgehead atoms. The highest BCUT2D eigenvalue weighted by molar-refractivity contribution is 6.74. The molecule has 2 atom stereocenters. The molecule has 0 heterocycles. The monoisotopic (exact) mass is 420 g/mol. The molecule has 0 radical (unpaired) electrons. The lowest BCUT2D eigenvalue weighted by molar-refractivity contribution is -0.0702. The third kappa shape index (κ3) is 10.6. The zero-order valence-corrected chi connectivity index (χ0v) is 20.9. The number of hydrogen-bond donors (Lipinski definition) is 0. The van der Waals surface area contributed by atoms with Gasteiger partial charge in [-0.3, -0.25) is 0 Å². The van der Waals surface area contributed by atoms with Crippen LogP contribution < -0.4 is 0 Å². The normalized spacial score (nSPS) is 14.6. The molecule has 0 aromatic heterocycles. The maximum atomic E-state index is 6.68. The lowest BCUT2D eigenvalue weighted by atomic mass is 9.97. The van der Waals surface area contributed by atoms with Gasteiger partial charge in [-0.1, -0.05) is 83.5 Å². The maximum absolute atomic E-state index is 6.68. The SMILES string of the molecule is C=C(C[C@@H](C)COCOCc1ccccc1)C[C@@H](CCC)O[Si](C)(C)C(C)(C)C. The Morgan fingerprint density at radius 1 is 1.07 bits per heavy atom. The molecule has 0 N–H and O–H groups in total. The van der Waals surface area contributed by atoms with E-state index in [1.807, 2.05) is 18.2 Å². The molecule has 3 nitrogen and oxygen atoms in total. The zero-order chi connectivity index (χ0) is 21.9. The minimum Gasteiger partial charge on any atom is -0.414 e. The second-order valence-corrected chi connectivity index (χ2v) is 14.6. The van der Waals surface area contributed by atoms with Crippen LogP contribution in [0.3, 0.4) is 0 Å². The lowest BCUT2D eigenvalue weighted by Crippen LogP contribution is -2.44. The molecule has 1 aromatic carbocycles. The van der Waals surface area contributed by atoms with Crippen LogP contribution in [0.5, 0.6) is 0 Å². The van der Waals surface area contributed by atoms with Crippen LogP contribution in [-0.4, -0.2) is 27.8 Å². The van der Waals surface area contributed by atoms with Gasteiger partial charge in [-0.15, -0.1) is 0 Å². The summed E-state index contributed by atoms with van der Waals surface area (Å²) in [7, 11) is -1.75. The van der Waals surface area contributed by atoms with Crippen molar-refractivity contribution in [3.8, 4) is 0 Å². The van der Waals surface area contributed by atoms with Crippen molar-refractivity contribution in [1.29, 1.82) is 0 Å². The average Bonchev–Trinajstić information content (AvgIpc) is 2.61. The van der Waals surface area contributed by atoms with Crippen molar-refractivity contribution < 1.29 is 13.9 Å². The van der Waals surface area contributed by atoms with Gasteiger partial charge in [0.1, 0.15) is 6.79 Å². The van der Waals surface area contributed by atoms with Crippen LogP contribution in [0.25, 0.3) is 0 Å². The molecule has 0 aliphatic heterocycles. The zero-order valence-electron chi connectivity index (χ0n) is 19.9. The van der Waals surface area contributed by atoms with E-state index >= 15 is 0 Å². The Balaban J connectivity index is 2.32. The summed E-state index contributed by atoms with van der Waals surface area (Å²) in [6.45, 7) is 22.0. The summed E-state index contributed by atoms with van der Waals surface area (Å²) >= 11 is 0. The average molecular weight is 421 g/mol. The molecule has 0 spiro atoms. The molecule has 0 amide bonds. The molecule has 1 aromatic rings. The van der Waals surface area contributed by atoms with E-state index in [0.29, 0.717) is 25.9 Å². The number of hydrogen-bond acceptors (Lipinski definition) is 3. The van der Waals surface area contributed by atoms with Crippen molar-refractivity contribution in [3.63, 3.8) is 0 Å². The Morgan fingerprint density at radius 2 is 1.72 bits per heavy atom. The van der Waals surface area contributed by atoms with E-state index in [0.717, 1.165) is 25.7 Å². The number of rotatable bonds is 14. The summed E-state index contributed by atoms with van der Waals surface area (Å²) in [5.41, 5.74) is 2.43. The third-order valence-corrected chi connectivity index (χ3v) is 10.2. The summed E-state index contributed by atoms with van der Waals surface area (Å²) in [5.74, 6) is 0.429. The minimum absolute atomic E-state index is 0.237. The molecule has 0 aliphatic carbocycles. The predicted octanol–water partition coefficient (Wildman–Crippen LogP) is 7.34. The fourth-order valence-corrected chi connectivity index (χ4v) is 4.51. The van der Waals surface area contributed by atoms with E-state index in [1.54, 1.807) is 0 Å². The van der Waals surface area contributed by atoms with Gasteiger partial charge in [0.05, 0.1) is 13.2 Å². The van der Waals surface area contributed by atoms with E-state index in [4.69, 9.17) is 13.9 Å². The van der Waals surface area contributed by atoms with Gasteiger partial charge in [-0.25, -0.2) is 0 Å². The minimum atomic E-state index is -1.75. The second-order valence-electron chi connectivity index (χ2n) is 9.87. The van der Waals surface area contributed by atoms with Crippen molar-refractivity contribution in [2.75, 3.05) is 13.4 Å². The molecule has 0 saturated heterocycles. The first-order valence-corrected chi connectivity index (χ1v) is 14.0. The van der Waals surface area contributed by atoms with Gasteiger partial charge >= 0.3 is 0 Å². The largest absolute Gasteiger partial charge is 0.414 e. The molecule has 0 unspecified atom stereocenters. The van der Waals surface area contributed by atoms with Crippen LogP contribution in [-0.2, 0) is 20.5 Å². The van der Waals surface area contributed by atoms with Crippen LogP contribution >= 0.6 is 0 Å². The number of ether oxygens (including phenoxy) is 2. The highest BCUT2D eigenvalue weighted by Crippen LogP contribution is 2.38. The molecule has 4 heteroatoms. The van der Waals surface area contributed by atoms with Crippen LogP contribution in [0, 0.1) is 5.92 Å². The molecule has 29 heavy (non-hydrogen) atoms. The quantitative estimate of drug-likeness (QED) is 0.136. The standard InChI is InChI=1S/C25H44O3Si/c1-9-13-24(28-29(7,8)25(4,5)6)17-21(2)16-22(3)18-26-20-27-19-23-14-11-10-12-15-23/h10-12,14-15,22,24H,2,9,13,16-20H2,1,3-8H3/t22-,24-/m1/s1. The lowest BCUT2D eigenvalue weighted by Gasteiger charge is -2.39. The Kier molecular flexibility index (Phi) is 11.4. The van der Waals surface area contributed by atoms with E-state index in [9.17, 15) is 0 Å². The van der Waals surface area contributed by atoms with Gasteiger partial charge in [-0.05, 0) is 48.9 Å². The summed E-state index contributed by atoms with van der Waals surface area (Å²) in [4.78, 5) is 0. The summed E-state index contributed by atoms with van der Waals surface area (Å²) in [5, 5.41) is 0.237. The second kappa shape index (κ2) is 12.7. The van der Waals surface area contributed by atoms with Crippen molar-refractivity contribution in [3.05, 3.63) is 48.0 Å².